The summed E-state index contributed by atoms with van der Waals surface area (Å²) in [4.78, 5) is 29.9. The summed E-state index contributed by atoms with van der Waals surface area (Å²) in [5.41, 5.74) is 2.84. The average Bonchev–Trinajstić information content (AvgIpc) is 3.34. The van der Waals surface area contributed by atoms with Crippen LogP contribution >= 0.6 is 0 Å². The lowest BCUT2D eigenvalue weighted by molar-refractivity contribution is -0.140. The van der Waals surface area contributed by atoms with Crippen LogP contribution in [0.1, 0.15) is 29.2 Å². The Bertz CT molecular complexity index is 1300. The number of aryl methyl sites for hydroxylation is 1. The number of pyridine rings is 1. The number of carbonyl (C=O) groups excluding carboxylic acids is 2. The number of amides is 2. The molecule has 5 rings (SSSR count). The number of carbonyl (C=O) groups is 2. The van der Waals surface area contributed by atoms with Crippen LogP contribution in [0.4, 0.5) is 9.18 Å². The Balaban J connectivity index is 1.43. The Morgan fingerprint density at radius 3 is 2.77 bits per heavy atom. The molecule has 0 saturated carbocycles. The summed E-state index contributed by atoms with van der Waals surface area (Å²) in [6, 6.07) is 13.8. The Morgan fingerprint density at radius 2 is 1.94 bits per heavy atom. The minimum atomic E-state index is -0.746. The zero-order valence-corrected chi connectivity index (χ0v) is 18.6. The fourth-order valence-corrected chi connectivity index (χ4v) is 4.07. The molecule has 8 nitrogen and oxygen atoms in total. The van der Waals surface area contributed by atoms with E-state index in [2.05, 4.69) is 15.6 Å². The average molecular weight is 475 g/mol. The molecule has 1 aromatic heterocycles. The van der Waals surface area contributed by atoms with Gasteiger partial charge in [0.1, 0.15) is 12.4 Å². The molecule has 9 heteroatoms. The lowest BCUT2D eigenvalue weighted by Crippen LogP contribution is -2.46. The molecule has 0 aliphatic carbocycles. The van der Waals surface area contributed by atoms with Gasteiger partial charge in [-0.25, -0.2) is 14.0 Å². The lowest BCUT2D eigenvalue weighted by Gasteiger charge is -2.29. The van der Waals surface area contributed by atoms with Gasteiger partial charge in [0.15, 0.2) is 11.5 Å². The maximum absolute atomic E-state index is 13.5. The lowest BCUT2D eigenvalue weighted by atomic mass is 9.94. The number of allylic oxidation sites excluding steroid dienone is 1. The van der Waals surface area contributed by atoms with Gasteiger partial charge in [-0.05, 0) is 59.9 Å². The van der Waals surface area contributed by atoms with Crippen LogP contribution in [0, 0.1) is 5.82 Å². The van der Waals surface area contributed by atoms with E-state index in [0.29, 0.717) is 41.2 Å². The van der Waals surface area contributed by atoms with Crippen molar-refractivity contribution in [2.75, 3.05) is 6.79 Å². The third-order valence-corrected chi connectivity index (χ3v) is 5.75. The van der Waals surface area contributed by atoms with E-state index in [1.165, 1.54) is 12.1 Å². The van der Waals surface area contributed by atoms with Crippen LogP contribution in [0.5, 0.6) is 11.5 Å². The van der Waals surface area contributed by atoms with E-state index in [0.717, 1.165) is 5.56 Å². The molecule has 0 bridgehead atoms. The molecular formula is C26H22FN3O5. The van der Waals surface area contributed by atoms with E-state index in [-0.39, 0.29) is 19.0 Å². The number of hydrogen-bond donors (Lipinski definition) is 2. The predicted octanol–water partition coefficient (Wildman–Crippen LogP) is 3.93. The smallest absolute Gasteiger partial charge is 0.338 e. The van der Waals surface area contributed by atoms with Crippen LogP contribution in [-0.4, -0.2) is 23.8 Å². The molecular weight excluding hydrogens is 453 g/mol. The maximum Gasteiger partial charge on any atom is 0.338 e. The van der Waals surface area contributed by atoms with Gasteiger partial charge in [-0.3, -0.25) is 4.98 Å². The number of benzene rings is 2. The van der Waals surface area contributed by atoms with E-state index >= 15 is 0 Å². The standard InChI is InChI=1S/C26H22FN3O5/c27-19-5-1-3-17(11-19)14-33-25(31)23-20(8-6-16-7-9-21-22(12-16)35-15-34-21)29-26(32)30-24(23)18-4-2-10-28-13-18/h1-5,7,9-13,24H,6,8,14-15H2,(H2,29,30,32). The van der Waals surface area contributed by atoms with Crippen molar-refractivity contribution < 1.29 is 28.2 Å². The quantitative estimate of drug-likeness (QED) is 0.503. The minimum Gasteiger partial charge on any atom is -0.457 e. The van der Waals surface area contributed by atoms with Gasteiger partial charge in [0, 0.05) is 18.1 Å². The Hall–Kier alpha value is -4.40. The van der Waals surface area contributed by atoms with Gasteiger partial charge in [-0.1, -0.05) is 24.3 Å². The van der Waals surface area contributed by atoms with Crippen molar-refractivity contribution in [3.05, 3.63) is 101 Å². The van der Waals surface area contributed by atoms with Gasteiger partial charge in [-0.15, -0.1) is 0 Å². The van der Waals surface area contributed by atoms with E-state index in [9.17, 15) is 14.0 Å². The first-order valence-electron chi connectivity index (χ1n) is 11.1. The molecule has 178 valence electrons. The van der Waals surface area contributed by atoms with Crippen LogP contribution in [-0.2, 0) is 22.6 Å². The van der Waals surface area contributed by atoms with E-state index in [1.807, 2.05) is 18.2 Å². The van der Waals surface area contributed by atoms with Crippen molar-refractivity contribution in [2.45, 2.75) is 25.5 Å². The summed E-state index contributed by atoms with van der Waals surface area (Å²) in [6.07, 6.45) is 4.10. The van der Waals surface area contributed by atoms with Crippen molar-refractivity contribution in [3.8, 4) is 11.5 Å². The van der Waals surface area contributed by atoms with Gasteiger partial charge < -0.3 is 24.8 Å². The van der Waals surface area contributed by atoms with Gasteiger partial charge in [-0.2, -0.15) is 0 Å². The number of urea groups is 1. The number of halogens is 1. The van der Waals surface area contributed by atoms with Crippen molar-refractivity contribution >= 4 is 12.0 Å². The second-order valence-electron chi connectivity index (χ2n) is 8.10. The van der Waals surface area contributed by atoms with Crippen LogP contribution in [0.25, 0.3) is 0 Å². The molecule has 0 radical (unpaired) electrons. The Labute approximate surface area is 200 Å². The maximum atomic E-state index is 13.5. The molecule has 1 atom stereocenters. The van der Waals surface area contributed by atoms with Crippen LogP contribution < -0.4 is 20.1 Å². The summed E-state index contributed by atoms with van der Waals surface area (Å²) in [7, 11) is 0. The normalized spacial score (nSPS) is 16.5. The molecule has 2 aliphatic rings. The van der Waals surface area contributed by atoms with E-state index in [4.69, 9.17) is 14.2 Å². The molecule has 0 saturated heterocycles. The number of rotatable bonds is 7. The highest BCUT2D eigenvalue weighted by Gasteiger charge is 2.34. The van der Waals surface area contributed by atoms with E-state index < -0.39 is 23.9 Å². The third kappa shape index (κ3) is 5.08. The molecule has 3 aromatic rings. The molecule has 2 amide bonds. The second kappa shape index (κ2) is 9.84. The largest absolute Gasteiger partial charge is 0.457 e. The number of ether oxygens (including phenoxy) is 3. The summed E-state index contributed by atoms with van der Waals surface area (Å²) < 4.78 is 29.9. The summed E-state index contributed by atoms with van der Waals surface area (Å²) in [6.45, 7) is 0.0724. The van der Waals surface area contributed by atoms with Crippen LogP contribution in [0.15, 0.2) is 78.3 Å². The molecule has 2 aromatic carbocycles. The van der Waals surface area contributed by atoms with Crippen molar-refractivity contribution in [1.82, 2.24) is 15.6 Å². The zero-order valence-electron chi connectivity index (χ0n) is 18.6. The van der Waals surface area contributed by atoms with Crippen molar-refractivity contribution in [1.29, 1.82) is 0 Å². The Morgan fingerprint density at radius 1 is 1.06 bits per heavy atom. The predicted molar refractivity (Wildman–Crippen MR) is 123 cm³/mol. The molecule has 2 aliphatic heterocycles. The van der Waals surface area contributed by atoms with Gasteiger partial charge in [0.05, 0.1) is 11.6 Å². The molecule has 35 heavy (non-hydrogen) atoms. The van der Waals surface area contributed by atoms with Gasteiger partial charge >= 0.3 is 12.0 Å². The van der Waals surface area contributed by atoms with Crippen molar-refractivity contribution in [2.24, 2.45) is 0 Å². The first-order chi connectivity index (χ1) is 17.1. The first-order valence-corrected chi connectivity index (χ1v) is 11.1. The monoisotopic (exact) mass is 475 g/mol. The molecule has 1 unspecified atom stereocenters. The van der Waals surface area contributed by atoms with E-state index in [1.54, 1.807) is 36.7 Å². The highest BCUT2D eigenvalue weighted by atomic mass is 19.1. The summed E-state index contributed by atoms with van der Waals surface area (Å²) in [5.74, 6) is 0.313. The number of fused-ring (bicyclic) bond motifs is 1. The SMILES string of the molecule is O=C1NC(CCc2ccc3c(c2)OCO3)=C(C(=O)OCc2cccc(F)c2)C(c2cccnc2)N1. The number of nitrogens with one attached hydrogen (secondary N) is 2. The fraction of sp³-hybridized carbons (Fsp3) is 0.192. The topological polar surface area (TPSA) is 98.8 Å². The fourth-order valence-electron chi connectivity index (χ4n) is 4.07. The number of nitrogens with zero attached hydrogens (tertiary/aromatic N) is 1. The Kier molecular flexibility index (Phi) is 6.30. The summed E-state index contributed by atoms with van der Waals surface area (Å²) >= 11 is 0. The number of aromatic nitrogens is 1. The number of hydrogen-bond acceptors (Lipinski definition) is 6. The summed E-state index contributed by atoms with van der Waals surface area (Å²) in [5, 5.41) is 5.56. The molecule has 3 heterocycles. The molecule has 2 N–H and O–H groups in total. The zero-order chi connectivity index (χ0) is 24.2. The van der Waals surface area contributed by atoms with Crippen LogP contribution in [0.3, 0.4) is 0 Å². The highest BCUT2D eigenvalue weighted by Crippen LogP contribution is 2.34. The number of esters is 1. The molecule has 0 fully saturated rings. The minimum absolute atomic E-state index is 0.108. The van der Waals surface area contributed by atoms with Crippen LogP contribution in [0.2, 0.25) is 0 Å². The highest BCUT2D eigenvalue weighted by molar-refractivity contribution is 5.95. The first kappa shape index (κ1) is 22.4. The van der Waals surface area contributed by atoms with Gasteiger partial charge in [0.25, 0.3) is 0 Å². The third-order valence-electron chi connectivity index (χ3n) is 5.75. The van der Waals surface area contributed by atoms with Crippen molar-refractivity contribution in [3.63, 3.8) is 0 Å². The second-order valence-corrected chi connectivity index (χ2v) is 8.10. The molecule has 0 spiro atoms. The van der Waals surface area contributed by atoms with Gasteiger partial charge in [0.2, 0.25) is 6.79 Å².